The largest absolute Gasteiger partial charge is 0.464 e. The third-order valence-corrected chi connectivity index (χ3v) is 6.38. The van der Waals surface area contributed by atoms with E-state index >= 15 is 0 Å². The lowest BCUT2D eigenvalue weighted by Crippen LogP contribution is -2.33. The molecule has 0 unspecified atom stereocenters. The molecule has 28 heavy (non-hydrogen) atoms. The number of thiophene rings is 1. The van der Waals surface area contributed by atoms with Gasteiger partial charge < -0.3 is 14.2 Å². The molecule has 5 nitrogen and oxygen atoms in total. The molecule has 0 N–H and O–H groups in total. The van der Waals surface area contributed by atoms with Gasteiger partial charge in [0.15, 0.2) is 11.5 Å². The van der Waals surface area contributed by atoms with Gasteiger partial charge >= 0.3 is 0 Å². The van der Waals surface area contributed by atoms with Crippen LogP contribution in [0, 0.1) is 0 Å². The Morgan fingerprint density at radius 3 is 2.82 bits per heavy atom. The van der Waals surface area contributed by atoms with Gasteiger partial charge in [0.1, 0.15) is 5.75 Å². The van der Waals surface area contributed by atoms with Gasteiger partial charge in [0, 0.05) is 22.6 Å². The number of rotatable bonds is 2. The fourth-order valence-corrected chi connectivity index (χ4v) is 4.85. The lowest BCUT2D eigenvalue weighted by Gasteiger charge is -2.37. The Balaban J connectivity index is 1.44. The van der Waals surface area contributed by atoms with E-state index in [4.69, 9.17) is 30.9 Å². The van der Waals surface area contributed by atoms with Crippen LogP contribution in [0.1, 0.15) is 34.7 Å². The zero-order valence-corrected chi connectivity index (χ0v) is 16.2. The van der Waals surface area contributed by atoms with Gasteiger partial charge in [-0.25, -0.2) is 5.01 Å². The van der Waals surface area contributed by atoms with Crippen LogP contribution in [-0.4, -0.2) is 17.5 Å². The van der Waals surface area contributed by atoms with Crippen LogP contribution in [0.15, 0.2) is 59.0 Å². The van der Waals surface area contributed by atoms with Crippen molar-refractivity contribution in [3.05, 3.63) is 74.9 Å². The monoisotopic (exact) mass is 410 g/mol. The van der Waals surface area contributed by atoms with Gasteiger partial charge in [0.25, 0.3) is 0 Å². The minimum atomic E-state index is -0.245. The molecule has 4 heterocycles. The number of ether oxygens (including phenoxy) is 3. The summed E-state index contributed by atoms with van der Waals surface area (Å²) in [6.45, 7) is 0.264. The first-order valence-corrected chi connectivity index (χ1v) is 10.3. The quantitative estimate of drug-likeness (QED) is 0.569. The molecule has 0 aliphatic carbocycles. The second-order valence-corrected chi connectivity index (χ2v) is 8.30. The lowest BCUT2D eigenvalue weighted by molar-refractivity contribution is -0.0165. The van der Waals surface area contributed by atoms with E-state index < -0.39 is 0 Å². The van der Waals surface area contributed by atoms with Gasteiger partial charge in [-0.1, -0.05) is 17.7 Å². The molecular weight excluding hydrogens is 396 g/mol. The van der Waals surface area contributed by atoms with Gasteiger partial charge in [-0.2, -0.15) is 5.10 Å². The number of halogens is 1. The highest BCUT2D eigenvalue weighted by Crippen LogP contribution is 2.49. The first kappa shape index (κ1) is 16.3. The number of nitrogens with zero attached hydrogens (tertiary/aromatic N) is 2. The Morgan fingerprint density at radius 1 is 1.04 bits per heavy atom. The Bertz CT molecular complexity index is 1100. The second-order valence-electron chi connectivity index (χ2n) is 6.88. The van der Waals surface area contributed by atoms with Crippen LogP contribution in [0.2, 0.25) is 5.02 Å². The van der Waals surface area contributed by atoms with Crippen molar-refractivity contribution in [1.29, 1.82) is 0 Å². The molecule has 6 rings (SSSR count). The van der Waals surface area contributed by atoms with Crippen molar-refractivity contribution in [1.82, 2.24) is 5.01 Å². The highest BCUT2D eigenvalue weighted by atomic mass is 35.5. The molecule has 2 atom stereocenters. The summed E-state index contributed by atoms with van der Waals surface area (Å²) in [6, 6.07) is 16.0. The average molecular weight is 411 g/mol. The molecule has 0 spiro atoms. The SMILES string of the molecule is Clc1ccc2c(c1)[C@H]1CC(c3ccc4c(c3)OCO4)=NN1[C@H](c1cccs1)O2. The summed E-state index contributed by atoms with van der Waals surface area (Å²) in [6.07, 6.45) is 0.531. The summed E-state index contributed by atoms with van der Waals surface area (Å²) in [5.41, 5.74) is 3.10. The van der Waals surface area contributed by atoms with Crippen molar-refractivity contribution in [2.45, 2.75) is 18.7 Å². The van der Waals surface area contributed by atoms with Gasteiger partial charge in [0.05, 0.1) is 16.6 Å². The highest BCUT2D eigenvalue weighted by molar-refractivity contribution is 7.10. The van der Waals surface area contributed by atoms with E-state index in [1.165, 1.54) is 0 Å². The Labute approximate surface area is 170 Å². The fourth-order valence-electron chi connectivity index (χ4n) is 3.93. The molecule has 3 aliphatic rings. The smallest absolute Gasteiger partial charge is 0.231 e. The first-order valence-electron chi connectivity index (χ1n) is 9.01. The maximum Gasteiger partial charge on any atom is 0.231 e. The van der Waals surface area contributed by atoms with Crippen molar-refractivity contribution in [2.75, 3.05) is 6.79 Å². The summed E-state index contributed by atoms with van der Waals surface area (Å²) < 4.78 is 17.3. The molecule has 3 aliphatic heterocycles. The standard InChI is InChI=1S/C21H15ClN2O3S/c22-13-4-6-17-14(9-13)16-10-15(12-3-5-18-19(8-12)26-11-25-18)23-24(16)21(27-17)20-2-1-7-28-20/h1-9,16,21H,10-11H2/t16-,21+/m1/s1. The molecule has 0 bridgehead atoms. The Kier molecular flexibility index (Phi) is 3.58. The maximum atomic E-state index is 6.33. The van der Waals surface area contributed by atoms with E-state index in [9.17, 15) is 0 Å². The normalized spacial score (nSPS) is 21.8. The second kappa shape index (κ2) is 6.15. The predicted molar refractivity (Wildman–Crippen MR) is 107 cm³/mol. The number of fused-ring (bicyclic) bond motifs is 4. The van der Waals surface area contributed by atoms with Crippen LogP contribution < -0.4 is 14.2 Å². The molecule has 7 heteroatoms. The molecule has 0 amide bonds. The molecule has 2 aromatic carbocycles. The molecule has 140 valence electrons. The summed E-state index contributed by atoms with van der Waals surface area (Å²) in [5, 5.41) is 9.79. The average Bonchev–Trinajstić information content (AvgIpc) is 3.46. The summed E-state index contributed by atoms with van der Waals surface area (Å²) in [4.78, 5) is 1.13. The van der Waals surface area contributed by atoms with Crippen LogP contribution >= 0.6 is 22.9 Å². The third kappa shape index (κ3) is 2.48. The predicted octanol–water partition coefficient (Wildman–Crippen LogP) is 5.37. The van der Waals surface area contributed by atoms with Crippen LogP contribution in [0.5, 0.6) is 17.2 Å². The lowest BCUT2D eigenvalue weighted by atomic mass is 9.96. The molecule has 3 aromatic rings. The van der Waals surface area contributed by atoms with Crippen LogP contribution in [0.3, 0.4) is 0 Å². The molecule has 1 aromatic heterocycles. The van der Waals surface area contributed by atoms with E-state index in [0.717, 1.165) is 45.4 Å². The number of hydrazone groups is 1. The number of hydrogen-bond donors (Lipinski definition) is 0. The zero-order valence-electron chi connectivity index (χ0n) is 14.7. The number of hydrogen-bond acceptors (Lipinski definition) is 6. The number of benzene rings is 2. The summed E-state index contributed by atoms with van der Waals surface area (Å²) in [5.74, 6) is 2.41. The van der Waals surface area contributed by atoms with Crippen molar-refractivity contribution >= 4 is 28.6 Å². The molecule has 0 saturated carbocycles. The van der Waals surface area contributed by atoms with Gasteiger partial charge in [-0.3, -0.25) is 0 Å². The summed E-state index contributed by atoms with van der Waals surface area (Å²) >= 11 is 7.95. The minimum Gasteiger partial charge on any atom is -0.464 e. The van der Waals surface area contributed by atoms with Crippen LogP contribution in [0.4, 0.5) is 0 Å². The molecular formula is C21H15ClN2O3S. The van der Waals surface area contributed by atoms with E-state index in [1.807, 2.05) is 42.5 Å². The van der Waals surface area contributed by atoms with Crippen molar-refractivity contribution in [3.8, 4) is 17.2 Å². The zero-order chi connectivity index (χ0) is 18.7. The highest BCUT2D eigenvalue weighted by Gasteiger charge is 2.41. The van der Waals surface area contributed by atoms with Crippen molar-refractivity contribution in [3.63, 3.8) is 0 Å². The first-order chi connectivity index (χ1) is 13.8. The van der Waals surface area contributed by atoms with E-state index in [0.29, 0.717) is 5.02 Å². The van der Waals surface area contributed by atoms with Gasteiger partial charge in [0.2, 0.25) is 13.0 Å². The molecule has 0 fully saturated rings. The maximum absolute atomic E-state index is 6.33. The van der Waals surface area contributed by atoms with Crippen molar-refractivity contribution in [2.24, 2.45) is 5.10 Å². The van der Waals surface area contributed by atoms with Gasteiger partial charge in [-0.05, 0) is 47.8 Å². The van der Waals surface area contributed by atoms with E-state index in [2.05, 4.69) is 16.5 Å². The third-order valence-electron chi connectivity index (χ3n) is 5.24. The molecule has 0 radical (unpaired) electrons. The molecule has 0 saturated heterocycles. The minimum absolute atomic E-state index is 0.0787. The Morgan fingerprint density at radius 2 is 1.93 bits per heavy atom. The summed E-state index contributed by atoms with van der Waals surface area (Å²) in [7, 11) is 0. The topological polar surface area (TPSA) is 43.3 Å². The van der Waals surface area contributed by atoms with E-state index in [1.54, 1.807) is 11.3 Å². The van der Waals surface area contributed by atoms with Crippen LogP contribution in [-0.2, 0) is 0 Å². The van der Waals surface area contributed by atoms with Crippen LogP contribution in [0.25, 0.3) is 0 Å². The fraction of sp³-hybridized carbons (Fsp3) is 0.190. The van der Waals surface area contributed by atoms with Gasteiger partial charge in [-0.15, -0.1) is 11.3 Å². The van der Waals surface area contributed by atoms with E-state index in [-0.39, 0.29) is 19.1 Å². The van der Waals surface area contributed by atoms with Crippen molar-refractivity contribution < 1.29 is 14.2 Å². The Hall–Kier alpha value is -2.70.